The molecule has 1 aromatic carbocycles. The van der Waals surface area contributed by atoms with Gasteiger partial charge in [0.05, 0.1) is 5.56 Å². The molecule has 13 heavy (non-hydrogen) atoms. The van der Waals surface area contributed by atoms with Gasteiger partial charge in [0.15, 0.2) is 0 Å². The first-order valence-corrected chi connectivity index (χ1v) is 3.46. The standard InChI is InChI=1S/C7H6BF3O2/c9-6-3-4(8(12)13)1-2-5(6)7(10)11/h1-3,7,12-13H. The van der Waals surface area contributed by atoms with Crippen molar-refractivity contribution in [3.8, 4) is 0 Å². The topological polar surface area (TPSA) is 40.5 Å². The number of rotatable bonds is 2. The molecule has 0 aliphatic heterocycles. The average Bonchev–Trinajstić information content (AvgIpc) is 2.03. The molecule has 0 saturated carbocycles. The van der Waals surface area contributed by atoms with Crippen molar-refractivity contribution >= 4 is 12.6 Å². The molecule has 0 aliphatic carbocycles. The highest BCUT2D eigenvalue weighted by Crippen LogP contribution is 2.20. The molecule has 0 saturated heterocycles. The van der Waals surface area contributed by atoms with E-state index in [2.05, 4.69) is 0 Å². The molecule has 0 aliphatic rings. The van der Waals surface area contributed by atoms with Crippen molar-refractivity contribution in [2.24, 2.45) is 0 Å². The van der Waals surface area contributed by atoms with Gasteiger partial charge in [-0.2, -0.15) is 0 Å². The lowest BCUT2D eigenvalue weighted by molar-refractivity contribution is 0.146. The molecule has 0 aromatic heterocycles. The van der Waals surface area contributed by atoms with E-state index in [4.69, 9.17) is 10.0 Å². The summed E-state index contributed by atoms with van der Waals surface area (Å²) in [6.45, 7) is 0. The first-order valence-electron chi connectivity index (χ1n) is 3.46. The number of alkyl halides is 2. The fraction of sp³-hybridized carbons (Fsp3) is 0.143. The Balaban J connectivity index is 3.06. The van der Waals surface area contributed by atoms with E-state index in [1.807, 2.05) is 0 Å². The summed E-state index contributed by atoms with van der Waals surface area (Å²) in [4.78, 5) is 0. The lowest BCUT2D eigenvalue weighted by atomic mass is 9.80. The third-order valence-corrected chi connectivity index (χ3v) is 1.56. The Kier molecular flexibility index (Phi) is 2.95. The molecule has 2 nitrogen and oxygen atoms in total. The summed E-state index contributed by atoms with van der Waals surface area (Å²) in [5.41, 5.74) is -0.897. The molecule has 2 N–H and O–H groups in total. The molecule has 1 rings (SSSR count). The van der Waals surface area contributed by atoms with Crippen LogP contribution < -0.4 is 5.46 Å². The summed E-state index contributed by atoms with van der Waals surface area (Å²) in [6.07, 6.45) is -2.90. The van der Waals surface area contributed by atoms with Crippen LogP contribution in [0, 0.1) is 5.82 Å². The molecule has 0 atom stereocenters. The van der Waals surface area contributed by atoms with Gasteiger partial charge >= 0.3 is 7.12 Å². The number of benzene rings is 1. The van der Waals surface area contributed by atoms with Crippen molar-refractivity contribution in [3.63, 3.8) is 0 Å². The third kappa shape index (κ3) is 2.23. The average molecular weight is 190 g/mol. The molecule has 0 heterocycles. The summed E-state index contributed by atoms with van der Waals surface area (Å²) in [5, 5.41) is 17.2. The first-order chi connectivity index (χ1) is 6.02. The minimum absolute atomic E-state index is 0.151. The zero-order valence-electron chi connectivity index (χ0n) is 6.42. The minimum Gasteiger partial charge on any atom is -0.423 e. The third-order valence-electron chi connectivity index (χ3n) is 1.56. The fourth-order valence-electron chi connectivity index (χ4n) is 0.881. The Morgan fingerprint density at radius 3 is 2.23 bits per heavy atom. The predicted octanol–water partition coefficient (Wildman–Crippen LogP) is 0.443. The zero-order chi connectivity index (χ0) is 10.0. The number of hydrogen-bond acceptors (Lipinski definition) is 2. The van der Waals surface area contributed by atoms with Crippen molar-refractivity contribution in [2.45, 2.75) is 6.43 Å². The Hall–Kier alpha value is -1.01. The molecule has 1 aromatic rings. The molecule has 0 radical (unpaired) electrons. The molecule has 0 unspecified atom stereocenters. The minimum atomic E-state index is -2.90. The van der Waals surface area contributed by atoms with Gasteiger partial charge in [-0.15, -0.1) is 0 Å². The van der Waals surface area contributed by atoms with Crippen LogP contribution in [-0.2, 0) is 0 Å². The highest BCUT2D eigenvalue weighted by atomic mass is 19.3. The molecule has 0 fully saturated rings. The fourth-order valence-corrected chi connectivity index (χ4v) is 0.881. The van der Waals surface area contributed by atoms with Crippen molar-refractivity contribution in [3.05, 3.63) is 29.6 Å². The van der Waals surface area contributed by atoms with E-state index in [0.29, 0.717) is 6.07 Å². The second kappa shape index (κ2) is 3.80. The van der Waals surface area contributed by atoms with Gasteiger partial charge in [-0.3, -0.25) is 0 Å². The Bertz CT molecular complexity index is 304. The van der Waals surface area contributed by atoms with Crippen LogP contribution in [0.4, 0.5) is 13.2 Å². The number of halogens is 3. The largest absolute Gasteiger partial charge is 0.488 e. The van der Waals surface area contributed by atoms with Crippen LogP contribution >= 0.6 is 0 Å². The van der Waals surface area contributed by atoms with E-state index in [9.17, 15) is 13.2 Å². The SMILES string of the molecule is OB(O)c1ccc(C(F)F)c(F)c1. The van der Waals surface area contributed by atoms with Crippen LogP contribution in [0.3, 0.4) is 0 Å². The van der Waals surface area contributed by atoms with Gasteiger partial charge in [0.1, 0.15) is 5.82 Å². The lowest BCUT2D eigenvalue weighted by Gasteiger charge is -2.03. The molecule has 70 valence electrons. The highest BCUT2D eigenvalue weighted by molar-refractivity contribution is 6.58. The van der Waals surface area contributed by atoms with Crippen LogP contribution in [0.15, 0.2) is 18.2 Å². The van der Waals surface area contributed by atoms with E-state index in [-0.39, 0.29) is 5.46 Å². The summed E-state index contributed by atoms with van der Waals surface area (Å²) < 4.78 is 36.8. The molecule has 6 heteroatoms. The maximum atomic E-state index is 12.8. The van der Waals surface area contributed by atoms with Crippen LogP contribution in [0.2, 0.25) is 0 Å². The molecular weight excluding hydrogens is 184 g/mol. The Morgan fingerprint density at radius 2 is 1.85 bits per heavy atom. The zero-order valence-corrected chi connectivity index (χ0v) is 6.42. The second-order valence-corrected chi connectivity index (χ2v) is 2.46. The summed E-state index contributed by atoms with van der Waals surface area (Å²) in [6, 6.07) is 2.54. The highest BCUT2D eigenvalue weighted by Gasteiger charge is 2.17. The van der Waals surface area contributed by atoms with Crippen molar-refractivity contribution in [2.75, 3.05) is 0 Å². The van der Waals surface area contributed by atoms with E-state index in [1.54, 1.807) is 0 Å². The van der Waals surface area contributed by atoms with Gasteiger partial charge in [0.25, 0.3) is 6.43 Å². The van der Waals surface area contributed by atoms with Gasteiger partial charge in [-0.05, 0) is 11.5 Å². The number of hydrogen-bond donors (Lipinski definition) is 2. The van der Waals surface area contributed by atoms with Crippen LogP contribution in [0.1, 0.15) is 12.0 Å². The predicted molar refractivity (Wildman–Crippen MR) is 41.2 cm³/mol. The lowest BCUT2D eigenvalue weighted by Crippen LogP contribution is -2.30. The summed E-state index contributed by atoms with van der Waals surface area (Å²) >= 11 is 0. The Morgan fingerprint density at radius 1 is 1.23 bits per heavy atom. The normalized spacial score (nSPS) is 10.6. The maximum Gasteiger partial charge on any atom is 0.488 e. The molecule has 0 amide bonds. The van der Waals surface area contributed by atoms with E-state index in [1.165, 1.54) is 0 Å². The van der Waals surface area contributed by atoms with Crippen molar-refractivity contribution in [1.29, 1.82) is 0 Å². The van der Waals surface area contributed by atoms with Gasteiger partial charge < -0.3 is 10.0 Å². The van der Waals surface area contributed by atoms with E-state index >= 15 is 0 Å². The first kappa shape index (κ1) is 10.1. The van der Waals surface area contributed by atoms with Gasteiger partial charge in [0.2, 0.25) is 0 Å². The second-order valence-electron chi connectivity index (χ2n) is 2.46. The quantitative estimate of drug-likeness (QED) is 0.664. The van der Waals surface area contributed by atoms with Gasteiger partial charge in [0, 0.05) is 0 Å². The smallest absolute Gasteiger partial charge is 0.423 e. The van der Waals surface area contributed by atoms with Crippen LogP contribution in [0.5, 0.6) is 0 Å². The molecule has 0 spiro atoms. The Labute approximate surface area is 72.8 Å². The van der Waals surface area contributed by atoms with Gasteiger partial charge in [-0.25, -0.2) is 13.2 Å². The van der Waals surface area contributed by atoms with Crippen molar-refractivity contribution < 1.29 is 23.2 Å². The van der Waals surface area contributed by atoms with Crippen LogP contribution in [-0.4, -0.2) is 17.2 Å². The van der Waals surface area contributed by atoms with Gasteiger partial charge in [-0.1, -0.05) is 12.1 Å². The van der Waals surface area contributed by atoms with Crippen LogP contribution in [0.25, 0.3) is 0 Å². The molecular formula is C7H6BF3O2. The van der Waals surface area contributed by atoms with E-state index < -0.39 is 24.9 Å². The molecule has 0 bridgehead atoms. The summed E-state index contributed by atoms with van der Waals surface area (Å²) in [5.74, 6) is -1.14. The maximum absolute atomic E-state index is 12.8. The summed E-state index contributed by atoms with van der Waals surface area (Å²) in [7, 11) is -1.85. The van der Waals surface area contributed by atoms with Crippen molar-refractivity contribution in [1.82, 2.24) is 0 Å². The van der Waals surface area contributed by atoms with E-state index in [0.717, 1.165) is 12.1 Å². The monoisotopic (exact) mass is 190 g/mol.